The summed E-state index contributed by atoms with van der Waals surface area (Å²) in [7, 11) is 0. The standard InChI is InChI=1S/C57H39N3O3/c58-37-55-52(34-25-43-10-1-40(2-11-43)7-16-46-19-28-49(61)29-20-46)56(38-59)54(36-27-45-14-5-42(6-15-45)9-18-48-23-32-51(63)33-24-48)57(39-60)53(55)35-26-44-12-3-41(4-13-44)8-17-47-21-30-50(62)31-22-47/h1-36,61-63H/b16-7+,17-8+,18-9+,34-25+,35-26+,36-27+. The predicted molar refractivity (Wildman–Crippen MR) is 258 cm³/mol. The summed E-state index contributed by atoms with van der Waals surface area (Å²) in [4.78, 5) is 0. The molecule has 0 spiro atoms. The maximum atomic E-state index is 10.7. The number of nitriles is 3. The van der Waals surface area contributed by atoms with Crippen LogP contribution in [0, 0.1) is 34.0 Å². The van der Waals surface area contributed by atoms with E-state index < -0.39 is 0 Å². The summed E-state index contributed by atoms with van der Waals surface area (Å²) < 4.78 is 0. The van der Waals surface area contributed by atoms with Gasteiger partial charge in [-0.2, -0.15) is 15.8 Å². The molecule has 6 nitrogen and oxygen atoms in total. The van der Waals surface area contributed by atoms with Gasteiger partial charge in [0.2, 0.25) is 0 Å². The van der Waals surface area contributed by atoms with Gasteiger partial charge in [-0.05, 0) is 86.5 Å². The molecule has 0 amide bonds. The van der Waals surface area contributed by atoms with Gasteiger partial charge in [-0.1, -0.05) is 182 Å². The molecule has 0 atom stereocenters. The van der Waals surface area contributed by atoms with E-state index in [0.717, 1.165) is 50.1 Å². The number of hydrogen-bond donors (Lipinski definition) is 3. The Kier molecular flexibility index (Phi) is 13.5. The van der Waals surface area contributed by atoms with Crippen molar-refractivity contribution in [2.75, 3.05) is 0 Å². The van der Waals surface area contributed by atoms with E-state index >= 15 is 0 Å². The van der Waals surface area contributed by atoms with Crippen molar-refractivity contribution in [1.29, 1.82) is 15.8 Å². The smallest absolute Gasteiger partial charge is 0.115 e. The molecule has 0 heterocycles. The molecule has 300 valence electrons. The Labute approximate surface area is 367 Å². The lowest BCUT2D eigenvalue weighted by Gasteiger charge is -2.13. The van der Waals surface area contributed by atoms with Gasteiger partial charge < -0.3 is 15.3 Å². The van der Waals surface area contributed by atoms with E-state index in [0.29, 0.717) is 16.7 Å². The fourth-order valence-corrected chi connectivity index (χ4v) is 6.70. The highest BCUT2D eigenvalue weighted by atomic mass is 16.3. The van der Waals surface area contributed by atoms with Crippen LogP contribution < -0.4 is 0 Å². The third-order valence-electron chi connectivity index (χ3n) is 10.2. The van der Waals surface area contributed by atoms with Crippen LogP contribution in [0.15, 0.2) is 146 Å². The molecule has 0 fully saturated rings. The fraction of sp³-hybridized carbons (Fsp3) is 0. The Hall–Kier alpha value is -9.15. The molecule has 0 bridgehead atoms. The molecule has 0 unspecified atom stereocenters. The van der Waals surface area contributed by atoms with Gasteiger partial charge >= 0.3 is 0 Å². The van der Waals surface area contributed by atoms with Crippen LogP contribution in [0.3, 0.4) is 0 Å². The van der Waals surface area contributed by atoms with Crippen LogP contribution in [0.4, 0.5) is 0 Å². The van der Waals surface area contributed by atoms with Crippen molar-refractivity contribution in [2.24, 2.45) is 0 Å². The predicted octanol–water partition coefficient (Wildman–Crippen LogP) is 13.4. The number of phenols is 3. The maximum absolute atomic E-state index is 10.7. The van der Waals surface area contributed by atoms with Crippen molar-refractivity contribution in [3.05, 3.63) is 229 Å². The van der Waals surface area contributed by atoms with Crippen LogP contribution in [0.2, 0.25) is 0 Å². The SMILES string of the molecule is N#Cc1c(/C=C/c2ccc(/C=C/c3ccc(O)cc3)cc2)c(C#N)c(/C=C/c2ccc(/C=C/c3ccc(O)cc3)cc2)c(C#N)c1/C=C/c1ccc(/C=C/c2ccc(O)cc2)cc1. The highest BCUT2D eigenvalue weighted by Crippen LogP contribution is 2.33. The largest absolute Gasteiger partial charge is 0.508 e. The van der Waals surface area contributed by atoms with E-state index in [1.165, 1.54) is 0 Å². The van der Waals surface area contributed by atoms with E-state index in [1.807, 2.05) is 164 Å². The molecule has 0 saturated heterocycles. The summed E-state index contributed by atoms with van der Waals surface area (Å²) in [5, 5.41) is 60.8. The Morgan fingerprint density at radius 2 is 0.381 bits per heavy atom. The summed E-state index contributed by atoms with van der Waals surface area (Å²) in [5.41, 5.74) is 10.1. The van der Waals surface area contributed by atoms with Crippen LogP contribution in [0.25, 0.3) is 72.9 Å². The van der Waals surface area contributed by atoms with Gasteiger partial charge in [-0.15, -0.1) is 0 Å². The molecule has 0 aliphatic rings. The Morgan fingerprint density at radius 3 is 0.540 bits per heavy atom. The molecule has 7 aromatic rings. The number of nitrogens with zero attached hydrogens (tertiary/aromatic N) is 3. The maximum Gasteiger partial charge on any atom is 0.115 e. The molecule has 0 aliphatic heterocycles. The van der Waals surface area contributed by atoms with E-state index in [-0.39, 0.29) is 33.9 Å². The van der Waals surface area contributed by atoms with Crippen molar-refractivity contribution in [1.82, 2.24) is 0 Å². The minimum absolute atomic E-state index is 0.208. The molecule has 0 aliphatic carbocycles. The minimum Gasteiger partial charge on any atom is -0.508 e. The van der Waals surface area contributed by atoms with Crippen LogP contribution in [0.5, 0.6) is 17.2 Å². The second-order valence-electron chi connectivity index (χ2n) is 14.5. The second kappa shape index (κ2) is 20.2. The second-order valence-corrected chi connectivity index (χ2v) is 14.5. The Bertz CT molecular complexity index is 2680. The quantitative estimate of drug-likeness (QED) is 0.105. The van der Waals surface area contributed by atoms with Crippen LogP contribution in [-0.2, 0) is 0 Å². The topological polar surface area (TPSA) is 132 Å². The number of hydrogen-bond acceptors (Lipinski definition) is 6. The summed E-state index contributed by atoms with van der Waals surface area (Å²) in [5.74, 6) is 0.627. The molecular weight excluding hydrogens is 775 g/mol. The third-order valence-corrected chi connectivity index (χ3v) is 10.2. The zero-order valence-electron chi connectivity index (χ0n) is 34.0. The Balaban J connectivity index is 1.22. The Morgan fingerprint density at radius 1 is 0.238 bits per heavy atom. The molecule has 7 aromatic carbocycles. The number of rotatable bonds is 12. The molecule has 6 heteroatoms. The zero-order valence-corrected chi connectivity index (χ0v) is 34.0. The lowest BCUT2D eigenvalue weighted by atomic mass is 9.86. The molecule has 0 saturated carbocycles. The van der Waals surface area contributed by atoms with Crippen molar-refractivity contribution >= 4 is 72.9 Å². The van der Waals surface area contributed by atoms with Gasteiger partial charge in [0.1, 0.15) is 35.5 Å². The molecule has 0 aromatic heterocycles. The van der Waals surface area contributed by atoms with Crippen molar-refractivity contribution < 1.29 is 15.3 Å². The van der Waals surface area contributed by atoms with Crippen molar-refractivity contribution in [3.63, 3.8) is 0 Å². The van der Waals surface area contributed by atoms with Crippen molar-refractivity contribution in [2.45, 2.75) is 0 Å². The molecule has 63 heavy (non-hydrogen) atoms. The normalized spacial score (nSPS) is 11.6. The summed E-state index contributed by atoms with van der Waals surface area (Å²) in [6.45, 7) is 0. The first kappa shape index (κ1) is 42.0. The minimum atomic E-state index is 0.208. The van der Waals surface area contributed by atoms with Gasteiger partial charge in [0, 0.05) is 16.7 Å². The average molecular weight is 814 g/mol. The monoisotopic (exact) mass is 813 g/mol. The molecule has 0 radical (unpaired) electrons. The van der Waals surface area contributed by atoms with Gasteiger partial charge in [0.05, 0.1) is 16.7 Å². The first-order valence-corrected chi connectivity index (χ1v) is 20.0. The first-order valence-electron chi connectivity index (χ1n) is 20.0. The van der Waals surface area contributed by atoms with Gasteiger partial charge in [-0.3, -0.25) is 0 Å². The third kappa shape index (κ3) is 11.1. The van der Waals surface area contributed by atoms with Crippen LogP contribution in [0.1, 0.15) is 83.5 Å². The molecule has 7 rings (SSSR count). The van der Waals surface area contributed by atoms with Crippen LogP contribution in [-0.4, -0.2) is 15.3 Å². The summed E-state index contributed by atoms with van der Waals surface area (Å²) >= 11 is 0. The van der Waals surface area contributed by atoms with Gasteiger partial charge in [0.15, 0.2) is 0 Å². The van der Waals surface area contributed by atoms with Crippen molar-refractivity contribution in [3.8, 4) is 35.5 Å². The van der Waals surface area contributed by atoms with E-state index in [1.54, 1.807) is 54.6 Å². The number of phenolic OH excluding ortho intramolecular Hbond substituents is 3. The average Bonchev–Trinajstić information content (AvgIpc) is 3.32. The van der Waals surface area contributed by atoms with Crippen LogP contribution >= 0.6 is 0 Å². The number of aromatic hydroxyl groups is 3. The van der Waals surface area contributed by atoms with Gasteiger partial charge in [-0.25, -0.2) is 0 Å². The highest BCUT2D eigenvalue weighted by molar-refractivity contribution is 5.90. The highest BCUT2D eigenvalue weighted by Gasteiger charge is 2.21. The van der Waals surface area contributed by atoms with Gasteiger partial charge in [0.25, 0.3) is 0 Å². The lowest BCUT2D eigenvalue weighted by molar-refractivity contribution is 0.474. The zero-order chi connectivity index (χ0) is 44.0. The first-order chi connectivity index (χ1) is 30.8. The summed E-state index contributed by atoms with van der Waals surface area (Å²) in [6.07, 6.45) is 22.6. The lowest BCUT2D eigenvalue weighted by Crippen LogP contribution is -2.02. The van der Waals surface area contributed by atoms with E-state index in [9.17, 15) is 31.1 Å². The molecular formula is C57H39N3O3. The molecule has 3 N–H and O–H groups in total. The van der Waals surface area contributed by atoms with E-state index in [2.05, 4.69) is 18.2 Å². The summed E-state index contributed by atoms with van der Waals surface area (Å²) in [6, 6.07) is 51.3. The van der Waals surface area contributed by atoms with E-state index in [4.69, 9.17) is 0 Å². The number of benzene rings is 7. The fourth-order valence-electron chi connectivity index (χ4n) is 6.70.